The van der Waals surface area contributed by atoms with E-state index >= 15 is 0 Å². The molecule has 41 heavy (non-hydrogen) atoms. The molecule has 5 rings (SSSR count). The zero-order chi connectivity index (χ0) is 29.3. The third kappa shape index (κ3) is 5.66. The summed E-state index contributed by atoms with van der Waals surface area (Å²) < 4.78 is 66.2. The van der Waals surface area contributed by atoms with Crippen molar-refractivity contribution in [2.24, 2.45) is 0 Å². The first-order chi connectivity index (χ1) is 19.6. The maximum Gasteiger partial charge on any atom is 0.416 e. The first kappa shape index (κ1) is 28.3. The number of nitrogens with zero attached hydrogens (tertiary/aromatic N) is 4. The summed E-state index contributed by atoms with van der Waals surface area (Å²) in [5.74, 6) is -0.734. The zero-order valence-electron chi connectivity index (χ0n) is 22.1. The average molecular weight is 574 g/mol. The molecule has 2 amide bonds. The third-order valence-electron chi connectivity index (χ3n) is 6.87. The van der Waals surface area contributed by atoms with Crippen LogP contribution in [0.3, 0.4) is 0 Å². The molecule has 14 heteroatoms. The van der Waals surface area contributed by atoms with Crippen LogP contribution in [0, 0.1) is 5.82 Å². The number of carbonyl (C=O) groups excluding carboxylic acids is 1. The zero-order valence-corrected chi connectivity index (χ0v) is 22.1. The number of rotatable bonds is 6. The molecule has 0 radical (unpaired) electrons. The van der Waals surface area contributed by atoms with Gasteiger partial charge in [-0.25, -0.2) is 18.7 Å². The molecule has 1 aliphatic heterocycles. The number of amides is 2. The Hall–Kier alpha value is -4.27. The highest BCUT2D eigenvalue weighted by atomic mass is 19.4. The number of benzene rings is 2. The molecule has 216 valence electrons. The Kier molecular flexibility index (Phi) is 7.80. The minimum absolute atomic E-state index is 0.120. The van der Waals surface area contributed by atoms with Crippen LogP contribution < -0.4 is 16.4 Å². The van der Waals surface area contributed by atoms with Crippen molar-refractivity contribution in [3.05, 3.63) is 71.4 Å². The standard InChI is InChI=1S/C27H27F4N7O3/c1-37-9-10-41-13-21(37)23-18(12-40-2)22(24-25(32)33-14-34-38(23)24)15-3-6-17(7-4-15)35-26(39)36-20-11-16(27(29,30)31)5-8-19(20)28/h3-8,11,14,21H,9-10,12-13H2,1-2H3,(H2,32,33,34)(H2,35,36,39). The molecule has 2 aromatic carbocycles. The van der Waals surface area contributed by atoms with E-state index in [0.29, 0.717) is 42.6 Å². The minimum Gasteiger partial charge on any atom is -0.382 e. The van der Waals surface area contributed by atoms with Gasteiger partial charge < -0.3 is 25.8 Å². The second-order valence-electron chi connectivity index (χ2n) is 9.50. The molecule has 1 saturated heterocycles. The van der Waals surface area contributed by atoms with Gasteiger partial charge in [0, 0.05) is 30.5 Å². The van der Waals surface area contributed by atoms with Gasteiger partial charge in [0.2, 0.25) is 0 Å². The topological polar surface area (TPSA) is 119 Å². The van der Waals surface area contributed by atoms with Crippen molar-refractivity contribution in [3.63, 3.8) is 0 Å². The van der Waals surface area contributed by atoms with Crippen molar-refractivity contribution in [2.75, 3.05) is 50.3 Å². The Bertz CT molecular complexity index is 1570. The normalized spacial score (nSPS) is 16.2. The molecule has 4 aromatic rings. The van der Waals surface area contributed by atoms with E-state index in [2.05, 4.69) is 25.6 Å². The van der Waals surface area contributed by atoms with Gasteiger partial charge in [-0.1, -0.05) is 12.1 Å². The number of nitrogens with two attached hydrogens (primary N) is 1. The fraction of sp³-hybridized carbons (Fsp3) is 0.296. The fourth-order valence-electron chi connectivity index (χ4n) is 4.90. The number of hydrogen-bond donors (Lipinski definition) is 3. The summed E-state index contributed by atoms with van der Waals surface area (Å²) in [6.45, 7) is 2.05. The van der Waals surface area contributed by atoms with Crippen molar-refractivity contribution in [2.45, 2.75) is 18.8 Å². The molecule has 0 aliphatic carbocycles. The maximum absolute atomic E-state index is 14.1. The molecular formula is C27H27F4N7O3. The Labute approximate surface area is 232 Å². The maximum atomic E-state index is 14.1. The number of methoxy groups -OCH3 is 1. The molecule has 10 nitrogen and oxygen atoms in total. The van der Waals surface area contributed by atoms with E-state index < -0.39 is 29.3 Å². The number of nitrogens with one attached hydrogen (secondary N) is 2. The molecule has 0 saturated carbocycles. The van der Waals surface area contributed by atoms with Gasteiger partial charge >= 0.3 is 12.2 Å². The highest BCUT2D eigenvalue weighted by molar-refractivity contribution is 6.00. The second-order valence-corrected chi connectivity index (χ2v) is 9.50. The SMILES string of the molecule is COCc1c(-c2ccc(NC(=O)Nc3cc(C(F)(F)F)ccc3F)cc2)c2c(N)ncnn2c1C1COCCN1C. The van der Waals surface area contributed by atoms with Crippen LogP contribution in [0.25, 0.3) is 16.6 Å². The molecular weight excluding hydrogens is 546 g/mol. The van der Waals surface area contributed by atoms with E-state index in [1.165, 1.54) is 6.33 Å². The number of fused-ring (bicyclic) bond motifs is 1. The quantitative estimate of drug-likeness (QED) is 0.280. The minimum atomic E-state index is -4.69. The molecule has 0 bridgehead atoms. The number of carbonyl (C=O) groups is 1. The number of likely N-dealkylation sites (N-methyl/N-ethyl adjacent to an activating group) is 1. The number of anilines is 3. The number of morpholine rings is 1. The Morgan fingerprint density at radius 2 is 1.95 bits per heavy atom. The highest BCUT2D eigenvalue weighted by Crippen LogP contribution is 2.40. The van der Waals surface area contributed by atoms with Crippen molar-refractivity contribution in [1.29, 1.82) is 0 Å². The van der Waals surface area contributed by atoms with Gasteiger partial charge in [-0.2, -0.15) is 18.3 Å². The largest absolute Gasteiger partial charge is 0.416 e. The number of nitrogen functional groups attached to an aromatic ring is 1. The highest BCUT2D eigenvalue weighted by Gasteiger charge is 2.33. The van der Waals surface area contributed by atoms with Gasteiger partial charge in [-0.3, -0.25) is 4.90 Å². The van der Waals surface area contributed by atoms with Gasteiger partial charge in [0.05, 0.1) is 42.8 Å². The van der Waals surface area contributed by atoms with Gasteiger partial charge in [-0.15, -0.1) is 0 Å². The first-order valence-corrected chi connectivity index (χ1v) is 12.5. The summed E-state index contributed by atoms with van der Waals surface area (Å²) in [6, 6.07) is 7.44. The summed E-state index contributed by atoms with van der Waals surface area (Å²) in [7, 11) is 3.59. The summed E-state index contributed by atoms with van der Waals surface area (Å²) in [4.78, 5) is 18.8. The van der Waals surface area contributed by atoms with Crippen LogP contribution in [-0.2, 0) is 22.3 Å². The Balaban J connectivity index is 1.46. The van der Waals surface area contributed by atoms with Gasteiger partial charge in [0.15, 0.2) is 5.82 Å². The van der Waals surface area contributed by atoms with Gasteiger partial charge in [0.1, 0.15) is 17.7 Å². The molecule has 4 N–H and O–H groups in total. The van der Waals surface area contributed by atoms with Crippen molar-refractivity contribution in [3.8, 4) is 11.1 Å². The van der Waals surface area contributed by atoms with Crippen LogP contribution >= 0.6 is 0 Å². The van der Waals surface area contributed by atoms with E-state index in [9.17, 15) is 22.4 Å². The summed E-state index contributed by atoms with van der Waals surface area (Å²) in [5.41, 5.74) is 8.75. The lowest BCUT2D eigenvalue weighted by molar-refractivity contribution is -0.137. The van der Waals surface area contributed by atoms with Crippen LogP contribution in [-0.4, -0.2) is 59.4 Å². The Morgan fingerprint density at radius 3 is 2.63 bits per heavy atom. The summed E-state index contributed by atoms with van der Waals surface area (Å²) in [6.07, 6.45) is -3.30. The van der Waals surface area contributed by atoms with Gasteiger partial charge in [-0.05, 0) is 42.9 Å². The van der Waals surface area contributed by atoms with E-state index in [4.69, 9.17) is 15.2 Å². The summed E-state index contributed by atoms with van der Waals surface area (Å²) in [5, 5.41) is 9.12. The predicted octanol–water partition coefficient (Wildman–Crippen LogP) is 4.93. The second kappa shape index (κ2) is 11.3. The lowest BCUT2D eigenvalue weighted by atomic mass is 9.98. The lowest BCUT2D eigenvalue weighted by Gasteiger charge is -2.32. The molecule has 0 spiro atoms. The number of ether oxygens (including phenoxy) is 2. The number of urea groups is 1. The van der Waals surface area contributed by atoms with Crippen molar-refractivity contribution < 1.29 is 31.8 Å². The lowest BCUT2D eigenvalue weighted by Crippen LogP contribution is -2.37. The molecule has 3 heterocycles. The summed E-state index contributed by atoms with van der Waals surface area (Å²) >= 11 is 0. The number of hydrogen-bond acceptors (Lipinski definition) is 7. The van der Waals surface area contributed by atoms with E-state index in [1.807, 2.05) is 7.05 Å². The van der Waals surface area contributed by atoms with Crippen LogP contribution in [0.1, 0.15) is 22.9 Å². The van der Waals surface area contributed by atoms with Crippen LogP contribution in [0.5, 0.6) is 0 Å². The molecule has 1 atom stereocenters. The van der Waals surface area contributed by atoms with Crippen LogP contribution in [0.2, 0.25) is 0 Å². The van der Waals surface area contributed by atoms with E-state index in [0.717, 1.165) is 28.9 Å². The van der Waals surface area contributed by atoms with Crippen LogP contribution in [0.15, 0.2) is 48.8 Å². The fourth-order valence-corrected chi connectivity index (χ4v) is 4.90. The molecule has 1 unspecified atom stereocenters. The number of halogens is 4. The molecule has 1 fully saturated rings. The monoisotopic (exact) mass is 573 g/mol. The van der Waals surface area contributed by atoms with Crippen molar-refractivity contribution in [1.82, 2.24) is 19.5 Å². The van der Waals surface area contributed by atoms with Gasteiger partial charge in [0.25, 0.3) is 0 Å². The molecule has 1 aliphatic rings. The number of alkyl halides is 3. The molecule has 2 aromatic heterocycles. The smallest absolute Gasteiger partial charge is 0.382 e. The first-order valence-electron chi connectivity index (χ1n) is 12.5. The van der Waals surface area contributed by atoms with Crippen molar-refractivity contribution >= 4 is 28.7 Å². The predicted molar refractivity (Wildman–Crippen MR) is 144 cm³/mol. The van der Waals surface area contributed by atoms with E-state index in [1.54, 1.807) is 35.9 Å². The average Bonchev–Trinajstić information content (AvgIpc) is 3.25. The van der Waals surface area contributed by atoms with Crippen LogP contribution in [0.4, 0.5) is 39.5 Å². The third-order valence-corrected chi connectivity index (χ3v) is 6.87. The Morgan fingerprint density at radius 1 is 1.20 bits per heavy atom. The van der Waals surface area contributed by atoms with E-state index in [-0.39, 0.29) is 18.5 Å². The number of aromatic nitrogens is 3.